The van der Waals surface area contributed by atoms with Crippen LogP contribution in [0.25, 0.3) is 0 Å². The number of ether oxygens (including phenoxy) is 3. The predicted octanol–water partition coefficient (Wildman–Crippen LogP) is 1.15. The molecular formula is C14H23NO4. The molecule has 1 aromatic rings. The molecule has 0 saturated carbocycles. The lowest BCUT2D eigenvalue weighted by Gasteiger charge is -2.30. The van der Waals surface area contributed by atoms with Crippen molar-refractivity contribution in [2.75, 3.05) is 41.1 Å². The van der Waals surface area contributed by atoms with Crippen molar-refractivity contribution in [3.8, 4) is 11.5 Å². The van der Waals surface area contributed by atoms with Gasteiger partial charge in [-0.3, -0.25) is 0 Å². The summed E-state index contributed by atoms with van der Waals surface area (Å²) in [6, 6.07) is 5.62. The molecule has 0 radical (unpaired) electrons. The Hall–Kier alpha value is -1.30. The monoisotopic (exact) mass is 269 g/mol. The minimum absolute atomic E-state index is 0.0216. The molecule has 1 aromatic carbocycles. The van der Waals surface area contributed by atoms with E-state index in [9.17, 15) is 5.11 Å². The van der Waals surface area contributed by atoms with Crippen LogP contribution in [0.5, 0.6) is 11.5 Å². The molecule has 5 nitrogen and oxygen atoms in total. The molecular weight excluding hydrogens is 246 g/mol. The van der Waals surface area contributed by atoms with E-state index in [1.165, 1.54) is 0 Å². The lowest BCUT2D eigenvalue weighted by atomic mass is 9.92. The fourth-order valence-electron chi connectivity index (χ4n) is 1.86. The van der Waals surface area contributed by atoms with E-state index in [0.717, 1.165) is 5.56 Å². The first-order valence-corrected chi connectivity index (χ1v) is 6.18. The van der Waals surface area contributed by atoms with Crippen molar-refractivity contribution in [3.05, 3.63) is 23.8 Å². The molecule has 108 valence electrons. The normalized spacial score (nSPS) is 13.9. The lowest BCUT2D eigenvalue weighted by Crippen LogP contribution is -2.44. The van der Waals surface area contributed by atoms with Gasteiger partial charge in [-0.2, -0.15) is 0 Å². The number of methoxy groups -OCH3 is 3. The summed E-state index contributed by atoms with van der Waals surface area (Å²) < 4.78 is 15.5. The van der Waals surface area contributed by atoms with Gasteiger partial charge in [-0.15, -0.1) is 0 Å². The Balaban J connectivity index is 2.97. The van der Waals surface area contributed by atoms with Gasteiger partial charge in [-0.1, -0.05) is 6.07 Å². The molecule has 0 aliphatic carbocycles. The van der Waals surface area contributed by atoms with Crippen LogP contribution in [-0.4, -0.2) is 46.2 Å². The SMILES string of the molecule is COCCNC(C)(CO)c1ccc(OC)c(OC)c1. The molecule has 0 amide bonds. The summed E-state index contributed by atoms with van der Waals surface area (Å²) in [7, 11) is 4.84. The van der Waals surface area contributed by atoms with Crippen molar-refractivity contribution in [1.82, 2.24) is 5.32 Å². The van der Waals surface area contributed by atoms with Gasteiger partial charge in [-0.25, -0.2) is 0 Å². The van der Waals surface area contributed by atoms with Crippen LogP contribution in [0.1, 0.15) is 12.5 Å². The number of rotatable bonds is 8. The highest BCUT2D eigenvalue weighted by Crippen LogP contribution is 2.31. The number of hydrogen-bond acceptors (Lipinski definition) is 5. The second-order valence-electron chi connectivity index (χ2n) is 4.48. The van der Waals surface area contributed by atoms with E-state index >= 15 is 0 Å². The summed E-state index contributed by atoms with van der Waals surface area (Å²) in [6.45, 7) is 3.15. The number of aliphatic hydroxyl groups is 1. The van der Waals surface area contributed by atoms with Crippen molar-refractivity contribution < 1.29 is 19.3 Å². The van der Waals surface area contributed by atoms with Crippen LogP contribution >= 0.6 is 0 Å². The summed E-state index contributed by atoms with van der Waals surface area (Å²) in [5, 5.41) is 12.9. The molecule has 0 heterocycles. The number of aliphatic hydroxyl groups excluding tert-OH is 1. The van der Waals surface area contributed by atoms with Crippen molar-refractivity contribution in [2.24, 2.45) is 0 Å². The molecule has 1 atom stereocenters. The highest BCUT2D eigenvalue weighted by atomic mass is 16.5. The van der Waals surface area contributed by atoms with Crippen LogP contribution in [0.15, 0.2) is 18.2 Å². The third-order valence-corrected chi connectivity index (χ3v) is 3.16. The fraction of sp³-hybridized carbons (Fsp3) is 0.571. The maximum Gasteiger partial charge on any atom is 0.161 e. The standard InChI is InChI=1S/C14H23NO4/c1-14(10-16,15-7-8-17-2)11-5-6-12(18-3)13(9-11)19-4/h5-6,9,15-16H,7-8,10H2,1-4H3. The second-order valence-corrected chi connectivity index (χ2v) is 4.48. The van der Waals surface area contributed by atoms with E-state index in [4.69, 9.17) is 14.2 Å². The molecule has 0 aliphatic rings. The predicted molar refractivity (Wildman–Crippen MR) is 73.9 cm³/mol. The lowest BCUT2D eigenvalue weighted by molar-refractivity contribution is 0.147. The zero-order valence-corrected chi connectivity index (χ0v) is 12.0. The van der Waals surface area contributed by atoms with Gasteiger partial charge in [0, 0.05) is 13.7 Å². The molecule has 0 aliphatic heterocycles. The first-order chi connectivity index (χ1) is 9.11. The molecule has 0 fully saturated rings. The molecule has 19 heavy (non-hydrogen) atoms. The smallest absolute Gasteiger partial charge is 0.161 e. The average molecular weight is 269 g/mol. The fourth-order valence-corrected chi connectivity index (χ4v) is 1.86. The summed E-state index contributed by atoms with van der Waals surface area (Å²) in [6.07, 6.45) is 0. The highest BCUT2D eigenvalue weighted by Gasteiger charge is 2.26. The molecule has 2 N–H and O–H groups in total. The number of hydrogen-bond donors (Lipinski definition) is 2. The van der Waals surface area contributed by atoms with Crippen LogP contribution in [0.3, 0.4) is 0 Å². The molecule has 0 aromatic heterocycles. The highest BCUT2D eigenvalue weighted by molar-refractivity contribution is 5.45. The minimum atomic E-state index is -0.544. The molecule has 0 saturated heterocycles. The summed E-state index contributed by atoms with van der Waals surface area (Å²) >= 11 is 0. The van der Waals surface area contributed by atoms with Crippen molar-refractivity contribution in [3.63, 3.8) is 0 Å². The first kappa shape index (κ1) is 15.8. The topological polar surface area (TPSA) is 60.0 Å². The third kappa shape index (κ3) is 3.83. The number of benzene rings is 1. The van der Waals surface area contributed by atoms with Gasteiger partial charge >= 0.3 is 0 Å². The van der Waals surface area contributed by atoms with E-state index in [0.29, 0.717) is 24.7 Å². The Morgan fingerprint density at radius 1 is 1.16 bits per heavy atom. The van der Waals surface area contributed by atoms with E-state index in [2.05, 4.69) is 5.32 Å². The Morgan fingerprint density at radius 2 is 1.84 bits per heavy atom. The Morgan fingerprint density at radius 3 is 2.37 bits per heavy atom. The van der Waals surface area contributed by atoms with Crippen LogP contribution in [0.2, 0.25) is 0 Å². The maximum absolute atomic E-state index is 9.65. The van der Waals surface area contributed by atoms with E-state index in [-0.39, 0.29) is 6.61 Å². The zero-order valence-electron chi connectivity index (χ0n) is 12.0. The third-order valence-electron chi connectivity index (χ3n) is 3.16. The van der Waals surface area contributed by atoms with E-state index in [1.54, 1.807) is 21.3 Å². The van der Waals surface area contributed by atoms with Gasteiger partial charge < -0.3 is 24.6 Å². The van der Waals surface area contributed by atoms with Gasteiger partial charge in [0.15, 0.2) is 11.5 Å². The Labute approximate surface area is 114 Å². The van der Waals surface area contributed by atoms with Crippen LogP contribution in [0, 0.1) is 0 Å². The van der Waals surface area contributed by atoms with Crippen LogP contribution < -0.4 is 14.8 Å². The largest absolute Gasteiger partial charge is 0.493 e. The molecule has 0 bridgehead atoms. The summed E-state index contributed by atoms with van der Waals surface area (Å²) in [5.74, 6) is 1.32. The molecule has 1 unspecified atom stereocenters. The average Bonchev–Trinajstić information content (AvgIpc) is 2.46. The van der Waals surface area contributed by atoms with Gasteiger partial charge in [0.1, 0.15) is 0 Å². The van der Waals surface area contributed by atoms with Gasteiger partial charge in [0.2, 0.25) is 0 Å². The molecule has 5 heteroatoms. The number of nitrogens with one attached hydrogen (secondary N) is 1. The molecule has 1 rings (SSSR count). The van der Waals surface area contributed by atoms with Crippen LogP contribution in [-0.2, 0) is 10.3 Å². The second kappa shape index (κ2) is 7.33. The minimum Gasteiger partial charge on any atom is -0.493 e. The van der Waals surface area contributed by atoms with E-state index in [1.807, 2.05) is 25.1 Å². The van der Waals surface area contributed by atoms with Gasteiger partial charge in [-0.05, 0) is 24.6 Å². The maximum atomic E-state index is 9.65. The summed E-state index contributed by atoms with van der Waals surface area (Å²) in [5.41, 5.74) is 0.390. The zero-order chi connectivity index (χ0) is 14.3. The Bertz CT molecular complexity index is 397. The summed E-state index contributed by atoms with van der Waals surface area (Å²) in [4.78, 5) is 0. The van der Waals surface area contributed by atoms with Crippen molar-refractivity contribution in [2.45, 2.75) is 12.5 Å². The first-order valence-electron chi connectivity index (χ1n) is 6.18. The van der Waals surface area contributed by atoms with Gasteiger partial charge in [0.05, 0.1) is 33.0 Å². The quantitative estimate of drug-likeness (QED) is 0.693. The van der Waals surface area contributed by atoms with E-state index < -0.39 is 5.54 Å². The van der Waals surface area contributed by atoms with Gasteiger partial charge in [0.25, 0.3) is 0 Å². The Kier molecular flexibility index (Phi) is 6.08. The van der Waals surface area contributed by atoms with Crippen molar-refractivity contribution in [1.29, 1.82) is 0 Å². The molecule has 0 spiro atoms. The van der Waals surface area contributed by atoms with Crippen molar-refractivity contribution >= 4 is 0 Å². The van der Waals surface area contributed by atoms with Crippen LogP contribution in [0.4, 0.5) is 0 Å².